The van der Waals surface area contributed by atoms with Crippen LogP contribution in [0.3, 0.4) is 0 Å². The van der Waals surface area contributed by atoms with Crippen molar-refractivity contribution >= 4 is 28.8 Å². The van der Waals surface area contributed by atoms with Gasteiger partial charge in [-0.2, -0.15) is 0 Å². The van der Waals surface area contributed by atoms with Gasteiger partial charge in [0.05, 0.1) is 16.9 Å². The Morgan fingerprint density at radius 2 is 2.39 bits per heavy atom. The minimum absolute atomic E-state index is 0.233. The molecule has 0 bridgehead atoms. The van der Waals surface area contributed by atoms with Crippen LogP contribution >= 0.6 is 22.9 Å². The van der Waals surface area contributed by atoms with Crippen molar-refractivity contribution in [2.45, 2.75) is 6.61 Å². The van der Waals surface area contributed by atoms with E-state index in [1.165, 1.54) is 17.5 Å². The van der Waals surface area contributed by atoms with E-state index in [1.807, 2.05) is 5.43 Å². The second kappa shape index (κ2) is 5.76. The summed E-state index contributed by atoms with van der Waals surface area (Å²) in [7, 11) is 0. The Morgan fingerprint density at radius 3 is 3.11 bits per heavy atom. The van der Waals surface area contributed by atoms with Gasteiger partial charge in [-0.25, -0.2) is 10.8 Å². The fourth-order valence-electron chi connectivity index (χ4n) is 1.17. The van der Waals surface area contributed by atoms with Crippen molar-refractivity contribution in [3.8, 4) is 5.75 Å². The molecule has 0 aliphatic carbocycles. The first kappa shape index (κ1) is 12.7. The summed E-state index contributed by atoms with van der Waals surface area (Å²) in [6.07, 6.45) is 3.06. The number of hydrazine groups is 1. The topological polar surface area (TPSA) is 90.1 Å². The van der Waals surface area contributed by atoms with Crippen LogP contribution in [0.1, 0.15) is 15.5 Å². The maximum atomic E-state index is 11.2. The van der Waals surface area contributed by atoms with Crippen molar-refractivity contribution in [2.24, 2.45) is 5.84 Å². The van der Waals surface area contributed by atoms with E-state index < -0.39 is 5.91 Å². The minimum Gasteiger partial charge on any atom is -0.486 e. The molecular weight excluding hydrogens is 276 g/mol. The quantitative estimate of drug-likeness (QED) is 0.503. The second-order valence-corrected chi connectivity index (χ2v) is 4.54. The first-order valence-corrected chi connectivity index (χ1v) is 6.13. The molecule has 0 aliphatic heterocycles. The average Bonchev–Trinajstić information content (AvgIpc) is 2.84. The van der Waals surface area contributed by atoms with Crippen LogP contribution in [0.2, 0.25) is 5.02 Å². The van der Waals surface area contributed by atoms with Crippen LogP contribution in [-0.2, 0) is 6.61 Å². The molecule has 18 heavy (non-hydrogen) atoms. The van der Waals surface area contributed by atoms with E-state index in [4.69, 9.17) is 22.2 Å². The molecule has 0 aliphatic rings. The van der Waals surface area contributed by atoms with E-state index in [1.54, 1.807) is 17.6 Å². The fraction of sp³-hybridized carbons (Fsp3) is 0.100. The Morgan fingerprint density at radius 1 is 1.56 bits per heavy atom. The summed E-state index contributed by atoms with van der Waals surface area (Å²) in [6.45, 7) is 0.233. The van der Waals surface area contributed by atoms with Gasteiger partial charge in [0.25, 0.3) is 5.91 Å². The molecule has 0 spiro atoms. The van der Waals surface area contributed by atoms with Gasteiger partial charge in [-0.3, -0.25) is 15.2 Å². The van der Waals surface area contributed by atoms with Gasteiger partial charge < -0.3 is 4.74 Å². The summed E-state index contributed by atoms with van der Waals surface area (Å²) in [5, 5.41) is 2.51. The molecule has 2 aromatic heterocycles. The normalized spacial score (nSPS) is 10.1. The molecule has 2 aromatic rings. The zero-order chi connectivity index (χ0) is 13.0. The molecule has 1 amide bonds. The number of hydrogen-bond donors (Lipinski definition) is 2. The highest BCUT2D eigenvalue weighted by atomic mass is 35.5. The SMILES string of the molecule is NNC(=O)c1nc(COc2cncc(Cl)c2)cs1. The van der Waals surface area contributed by atoms with Gasteiger partial charge in [0, 0.05) is 17.6 Å². The third-order valence-corrected chi connectivity index (χ3v) is 3.04. The summed E-state index contributed by atoms with van der Waals surface area (Å²) in [6, 6.07) is 1.65. The van der Waals surface area contributed by atoms with Gasteiger partial charge in [0.15, 0.2) is 5.01 Å². The van der Waals surface area contributed by atoms with Gasteiger partial charge in [0.2, 0.25) is 0 Å². The zero-order valence-corrected chi connectivity index (χ0v) is 10.7. The highest BCUT2D eigenvalue weighted by Crippen LogP contribution is 2.17. The summed E-state index contributed by atoms with van der Waals surface area (Å²) in [4.78, 5) is 19.1. The van der Waals surface area contributed by atoms with Crippen LogP contribution in [0.5, 0.6) is 5.75 Å². The van der Waals surface area contributed by atoms with E-state index in [2.05, 4.69) is 9.97 Å². The number of carbonyl (C=O) groups is 1. The number of amides is 1. The third-order valence-electron chi connectivity index (χ3n) is 1.94. The van der Waals surface area contributed by atoms with Crippen LogP contribution in [0.4, 0.5) is 0 Å². The van der Waals surface area contributed by atoms with Crippen molar-refractivity contribution in [3.63, 3.8) is 0 Å². The first-order chi connectivity index (χ1) is 8.69. The van der Waals surface area contributed by atoms with E-state index in [0.29, 0.717) is 21.5 Å². The fourth-order valence-corrected chi connectivity index (χ4v) is 2.04. The molecular formula is C10H9ClN4O2S. The largest absolute Gasteiger partial charge is 0.486 e. The molecule has 3 N–H and O–H groups in total. The van der Waals surface area contributed by atoms with Crippen LogP contribution in [-0.4, -0.2) is 15.9 Å². The van der Waals surface area contributed by atoms with Crippen molar-refractivity contribution < 1.29 is 9.53 Å². The van der Waals surface area contributed by atoms with E-state index in [-0.39, 0.29) is 6.61 Å². The Labute approximate surface area is 112 Å². The van der Waals surface area contributed by atoms with Crippen molar-refractivity contribution in [2.75, 3.05) is 0 Å². The molecule has 0 aromatic carbocycles. The molecule has 2 rings (SSSR count). The average molecular weight is 285 g/mol. The maximum absolute atomic E-state index is 11.2. The lowest BCUT2D eigenvalue weighted by Crippen LogP contribution is -2.29. The van der Waals surface area contributed by atoms with E-state index in [0.717, 1.165) is 0 Å². The number of nitrogens with two attached hydrogens (primary N) is 1. The molecule has 0 saturated heterocycles. The minimum atomic E-state index is -0.421. The van der Waals surface area contributed by atoms with Crippen LogP contribution < -0.4 is 16.0 Å². The van der Waals surface area contributed by atoms with Crippen molar-refractivity contribution in [1.82, 2.24) is 15.4 Å². The first-order valence-electron chi connectivity index (χ1n) is 4.87. The monoisotopic (exact) mass is 284 g/mol. The summed E-state index contributed by atoms with van der Waals surface area (Å²) in [5.41, 5.74) is 2.65. The molecule has 8 heteroatoms. The molecule has 0 atom stereocenters. The van der Waals surface area contributed by atoms with Crippen molar-refractivity contribution in [1.29, 1.82) is 0 Å². The molecule has 94 valence electrons. The number of aromatic nitrogens is 2. The van der Waals surface area contributed by atoms with Crippen LogP contribution in [0, 0.1) is 0 Å². The van der Waals surface area contributed by atoms with Gasteiger partial charge in [-0.05, 0) is 0 Å². The number of ether oxygens (including phenoxy) is 1. The summed E-state index contributed by atoms with van der Waals surface area (Å²) < 4.78 is 5.43. The number of nitrogens with zero attached hydrogens (tertiary/aromatic N) is 2. The molecule has 2 heterocycles. The van der Waals surface area contributed by atoms with Crippen LogP contribution in [0.15, 0.2) is 23.8 Å². The third kappa shape index (κ3) is 3.16. The number of nitrogens with one attached hydrogen (secondary N) is 1. The Balaban J connectivity index is 1.98. The smallest absolute Gasteiger partial charge is 0.294 e. The second-order valence-electron chi connectivity index (χ2n) is 3.24. The number of pyridine rings is 1. The lowest BCUT2D eigenvalue weighted by molar-refractivity contribution is 0.0953. The lowest BCUT2D eigenvalue weighted by Gasteiger charge is -2.03. The van der Waals surface area contributed by atoms with E-state index >= 15 is 0 Å². The van der Waals surface area contributed by atoms with Crippen LogP contribution in [0.25, 0.3) is 0 Å². The highest BCUT2D eigenvalue weighted by Gasteiger charge is 2.09. The number of nitrogen functional groups attached to an aromatic ring is 1. The van der Waals surface area contributed by atoms with Gasteiger partial charge in [-0.15, -0.1) is 11.3 Å². The standard InChI is InChI=1S/C10H9ClN4O2S/c11-6-1-8(3-13-2-6)17-4-7-5-18-10(14-7)9(16)15-12/h1-3,5H,4,12H2,(H,15,16). The Kier molecular flexibility index (Phi) is 4.08. The Bertz CT molecular complexity index is 560. The predicted molar refractivity (Wildman–Crippen MR) is 67.3 cm³/mol. The summed E-state index contributed by atoms with van der Waals surface area (Å²) in [5.74, 6) is 5.13. The molecule has 0 radical (unpaired) electrons. The van der Waals surface area contributed by atoms with Gasteiger partial charge in [-0.1, -0.05) is 11.6 Å². The highest BCUT2D eigenvalue weighted by molar-refractivity contribution is 7.11. The molecule has 0 saturated carbocycles. The number of carbonyl (C=O) groups excluding carboxylic acids is 1. The number of hydrogen-bond acceptors (Lipinski definition) is 6. The van der Waals surface area contributed by atoms with Gasteiger partial charge in [0.1, 0.15) is 12.4 Å². The molecule has 0 unspecified atom stereocenters. The van der Waals surface area contributed by atoms with Gasteiger partial charge >= 0.3 is 0 Å². The molecule has 6 nitrogen and oxygen atoms in total. The van der Waals surface area contributed by atoms with Crippen molar-refractivity contribution in [3.05, 3.63) is 39.6 Å². The molecule has 0 fully saturated rings. The maximum Gasteiger partial charge on any atom is 0.294 e. The lowest BCUT2D eigenvalue weighted by atomic mass is 10.4. The number of halogens is 1. The van der Waals surface area contributed by atoms with E-state index in [9.17, 15) is 4.79 Å². The predicted octanol–water partition coefficient (Wildman–Crippen LogP) is 1.37. The number of rotatable bonds is 4. The number of thiazole rings is 1. The zero-order valence-electron chi connectivity index (χ0n) is 9.09. The summed E-state index contributed by atoms with van der Waals surface area (Å²) >= 11 is 6.96. The Hall–Kier alpha value is -1.70.